The van der Waals surface area contributed by atoms with Crippen LogP contribution in [0.15, 0.2) is 12.3 Å². The smallest absolute Gasteiger partial charge is 0.0371 e. The molecular formula is C11H24N2. The number of likely N-dealkylation sites (tertiary alicyclic amines) is 1. The van der Waals surface area contributed by atoms with Gasteiger partial charge < -0.3 is 9.80 Å². The van der Waals surface area contributed by atoms with E-state index in [1.54, 1.807) is 0 Å². The number of hydrogen-bond donors (Lipinski definition) is 0. The molecule has 1 aliphatic heterocycles. The minimum absolute atomic E-state index is 0.869. The summed E-state index contributed by atoms with van der Waals surface area (Å²) in [5.41, 5.74) is 1.26. The summed E-state index contributed by atoms with van der Waals surface area (Å²) in [6, 6.07) is 0. The summed E-state index contributed by atoms with van der Waals surface area (Å²) >= 11 is 0. The topological polar surface area (TPSA) is 6.48 Å². The van der Waals surface area contributed by atoms with Crippen molar-refractivity contribution in [3.8, 4) is 0 Å². The molecule has 0 aromatic rings. The summed E-state index contributed by atoms with van der Waals surface area (Å²) < 4.78 is 0. The van der Waals surface area contributed by atoms with E-state index in [0.717, 1.165) is 12.5 Å². The first-order chi connectivity index (χ1) is 6.09. The molecule has 1 saturated heterocycles. The van der Waals surface area contributed by atoms with Gasteiger partial charge >= 0.3 is 0 Å². The van der Waals surface area contributed by atoms with E-state index in [2.05, 4.69) is 37.4 Å². The summed E-state index contributed by atoms with van der Waals surface area (Å²) in [6.45, 7) is 13.7. The lowest BCUT2D eigenvalue weighted by Gasteiger charge is -2.41. The molecule has 0 unspecified atom stereocenters. The summed E-state index contributed by atoms with van der Waals surface area (Å²) in [5, 5.41) is 0. The van der Waals surface area contributed by atoms with Crippen LogP contribution in [-0.2, 0) is 0 Å². The van der Waals surface area contributed by atoms with E-state index in [9.17, 15) is 0 Å². The molecule has 1 fully saturated rings. The number of likely N-dealkylation sites (N-methyl/N-ethyl adjacent to an activating group) is 1. The Hall–Kier alpha value is -0.500. The Labute approximate surface area is 83.2 Å². The Morgan fingerprint density at radius 3 is 2.15 bits per heavy atom. The Kier molecular flexibility index (Phi) is 5.80. The van der Waals surface area contributed by atoms with Crippen LogP contribution in [-0.4, -0.2) is 43.5 Å². The van der Waals surface area contributed by atoms with Gasteiger partial charge in [0.15, 0.2) is 0 Å². The SMILES string of the molecule is C=C(CN(C)C)N1CC(C)C1.CC. The summed E-state index contributed by atoms with van der Waals surface area (Å²) in [6.07, 6.45) is 0. The molecule has 0 atom stereocenters. The molecule has 0 spiro atoms. The largest absolute Gasteiger partial charge is 0.374 e. The lowest BCUT2D eigenvalue weighted by atomic mass is 10.0. The van der Waals surface area contributed by atoms with Gasteiger partial charge in [0, 0.05) is 25.3 Å². The molecule has 0 aromatic carbocycles. The van der Waals surface area contributed by atoms with Crippen molar-refractivity contribution in [2.24, 2.45) is 5.92 Å². The second-order valence-corrected chi connectivity index (χ2v) is 3.81. The number of hydrogen-bond acceptors (Lipinski definition) is 2. The molecule has 13 heavy (non-hydrogen) atoms. The Bertz CT molecular complexity index is 146. The van der Waals surface area contributed by atoms with Crippen molar-refractivity contribution in [3.63, 3.8) is 0 Å². The first-order valence-corrected chi connectivity index (χ1v) is 5.17. The third kappa shape index (κ3) is 4.32. The van der Waals surface area contributed by atoms with E-state index >= 15 is 0 Å². The van der Waals surface area contributed by atoms with E-state index in [1.807, 2.05) is 13.8 Å². The fourth-order valence-electron chi connectivity index (χ4n) is 1.42. The molecule has 1 heterocycles. The van der Waals surface area contributed by atoms with Crippen molar-refractivity contribution < 1.29 is 0 Å². The van der Waals surface area contributed by atoms with Crippen molar-refractivity contribution >= 4 is 0 Å². The first kappa shape index (κ1) is 12.5. The summed E-state index contributed by atoms with van der Waals surface area (Å²) in [5.74, 6) is 0.869. The molecule has 2 heteroatoms. The maximum absolute atomic E-state index is 4.04. The Morgan fingerprint density at radius 2 is 1.85 bits per heavy atom. The van der Waals surface area contributed by atoms with Crippen LogP contribution in [0.3, 0.4) is 0 Å². The van der Waals surface area contributed by atoms with E-state index < -0.39 is 0 Å². The summed E-state index contributed by atoms with van der Waals surface area (Å²) in [4.78, 5) is 4.51. The maximum atomic E-state index is 4.04. The van der Waals surface area contributed by atoms with Crippen LogP contribution in [0.5, 0.6) is 0 Å². The normalized spacial score (nSPS) is 16.3. The van der Waals surface area contributed by atoms with Crippen LogP contribution < -0.4 is 0 Å². The third-order valence-electron chi connectivity index (χ3n) is 2.01. The van der Waals surface area contributed by atoms with Gasteiger partial charge in [-0.25, -0.2) is 0 Å². The van der Waals surface area contributed by atoms with Crippen molar-refractivity contribution in [3.05, 3.63) is 12.3 Å². The average Bonchev–Trinajstić information content (AvgIpc) is 2.01. The highest BCUT2D eigenvalue weighted by atomic mass is 15.2. The zero-order valence-corrected chi connectivity index (χ0v) is 9.80. The Morgan fingerprint density at radius 1 is 1.38 bits per heavy atom. The second-order valence-electron chi connectivity index (χ2n) is 3.81. The van der Waals surface area contributed by atoms with Crippen molar-refractivity contribution in [2.75, 3.05) is 33.7 Å². The highest BCUT2D eigenvalue weighted by Gasteiger charge is 2.22. The molecule has 0 aromatic heterocycles. The lowest BCUT2D eigenvalue weighted by molar-refractivity contribution is 0.147. The second kappa shape index (κ2) is 6.03. The van der Waals surface area contributed by atoms with Crippen molar-refractivity contribution in [1.82, 2.24) is 9.80 Å². The van der Waals surface area contributed by atoms with E-state index in [1.165, 1.54) is 18.8 Å². The summed E-state index contributed by atoms with van der Waals surface area (Å²) in [7, 11) is 4.16. The predicted molar refractivity (Wildman–Crippen MR) is 59.8 cm³/mol. The molecule has 0 radical (unpaired) electrons. The van der Waals surface area contributed by atoms with E-state index in [-0.39, 0.29) is 0 Å². The van der Waals surface area contributed by atoms with Gasteiger partial charge in [-0.3, -0.25) is 0 Å². The predicted octanol–water partition coefficient (Wildman–Crippen LogP) is 2.04. The van der Waals surface area contributed by atoms with Crippen LogP contribution >= 0.6 is 0 Å². The monoisotopic (exact) mass is 184 g/mol. The third-order valence-corrected chi connectivity index (χ3v) is 2.01. The van der Waals surface area contributed by atoms with Gasteiger partial charge in [0.25, 0.3) is 0 Å². The van der Waals surface area contributed by atoms with Gasteiger partial charge in [-0.1, -0.05) is 27.4 Å². The first-order valence-electron chi connectivity index (χ1n) is 5.17. The minimum atomic E-state index is 0.869. The highest BCUT2D eigenvalue weighted by molar-refractivity contribution is 5.01. The quantitative estimate of drug-likeness (QED) is 0.662. The number of rotatable bonds is 3. The van der Waals surface area contributed by atoms with Gasteiger partial charge in [0.2, 0.25) is 0 Å². The molecule has 78 valence electrons. The molecule has 0 amide bonds. The zero-order chi connectivity index (χ0) is 10.4. The standard InChI is InChI=1S/C9H18N2.C2H6/c1-8-5-11(6-8)9(2)7-10(3)4;1-2/h8H,2,5-7H2,1,3-4H3;1-2H3. The maximum Gasteiger partial charge on any atom is 0.0371 e. The average molecular weight is 184 g/mol. The van der Waals surface area contributed by atoms with Crippen LogP contribution in [0.25, 0.3) is 0 Å². The van der Waals surface area contributed by atoms with Gasteiger partial charge in [0.05, 0.1) is 0 Å². The molecule has 0 bridgehead atoms. The van der Waals surface area contributed by atoms with Crippen LogP contribution in [0.4, 0.5) is 0 Å². The molecule has 1 aliphatic rings. The molecular weight excluding hydrogens is 160 g/mol. The van der Waals surface area contributed by atoms with Gasteiger partial charge in [-0.05, 0) is 20.0 Å². The van der Waals surface area contributed by atoms with Crippen LogP contribution in [0, 0.1) is 5.92 Å². The van der Waals surface area contributed by atoms with Gasteiger partial charge in [-0.15, -0.1) is 0 Å². The molecule has 2 nitrogen and oxygen atoms in total. The molecule has 0 N–H and O–H groups in total. The molecule has 0 saturated carbocycles. The molecule has 1 rings (SSSR count). The van der Waals surface area contributed by atoms with E-state index in [4.69, 9.17) is 0 Å². The fraction of sp³-hybridized carbons (Fsp3) is 0.818. The number of nitrogens with zero attached hydrogens (tertiary/aromatic N) is 2. The zero-order valence-electron chi connectivity index (χ0n) is 9.80. The van der Waals surface area contributed by atoms with Crippen molar-refractivity contribution in [1.29, 1.82) is 0 Å². The molecule has 0 aliphatic carbocycles. The Balaban J connectivity index is 0.000000671. The minimum Gasteiger partial charge on any atom is -0.374 e. The van der Waals surface area contributed by atoms with Crippen LogP contribution in [0.2, 0.25) is 0 Å². The lowest BCUT2D eigenvalue weighted by Crippen LogP contribution is -2.45. The van der Waals surface area contributed by atoms with Crippen molar-refractivity contribution in [2.45, 2.75) is 20.8 Å². The van der Waals surface area contributed by atoms with Gasteiger partial charge in [0.1, 0.15) is 0 Å². The fourth-order valence-corrected chi connectivity index (χ4v) is 1.42. The highest BCUT2D eigenvalue weighted by Crippen LogP contribution is 2.18. The van der Waals surface area contributed by atoms with E-state index in [0.29, 0.717) is 0 Å². The van der Waals surface area contributed by atoms with Crippen LogP contribution in [0.1, 0.15) is 20.8 Å². The van der Waals surface area contributed by atoms with Gasteiger partial charge in [-0.2, -0.15) is 0 Å².